The van der Waals surface area contributed by atoms with Gasteiger partial charge in [-0.3, -0.25) is 4.98 Å². The van der Waals surface area contributed by atoms with Gasteiger partial charge in [-0.2, -0.15) is 0 Å². The van der Waals surface area contributed by atoms with E-state index in [9.17, 15) is 4.79 Å². The third kappa shape index (κ3) is 1.33. The summed E-state index contributed by atoms with van der Waals surface area (Å²) in [6, 6.07) is 1.66. The van der Waals surface area contributed by atoms with Gasteiger partial charge in [0.2, 0.25) is 5.71 Å². The molecule has 13 heavy (non-hydrogen) atoms. The number of hydrogen-bond acceptors (Lipinski definition) is 4. The number of nitrogens with two attached hydrogens (primary N) is 1. The molecule has 2 heterocycles. The summed E-state index contributed by atoms with van der Waals surface area (Å²) in [4.78, 5) is 17.2. The van der Waals surface area contributed by atoms with Crippen molar-refractivity contribution in [3.63, 3.8) is 0 Å². The van der Waals surface area contributed by atoms with Crippen LogP contribution in [0.5, 0.6) is 0 Å². The lowest BCUT2D eigenvalue weighted by Crippen LogP contribution is -2.05. The number of oxazole rings is 1. The number of pyridine rings is 1. The molecule has 0 saturated heterocycles. The van der Waals surface area contributed by atoms with Crippen LogP contribution in [0.2, 0.25) is 0 Å². The van der Waals surface area contributed by atoms with Crippen LogP contribution in [0.25, 0.3) is 11.2 Å². The number of H-pyrrole nitrogens is 1. The van der Waals surface area contributed by atoms with Crippen molar-refractivity contribution in [2.45, 2.75) is 13.0 Å². The van der Waals surface area contributed by atoms with Gasteiger partial charge in [0.05, 0.1) is 0 Å². The largest absolute Gasteiger partial charge is 0.418 e. The van der Waals surface area contributed by atoms with E-state index < -0.39 is 5.76 Å². The monoisotopic (exact) mass is 179 g/mol. The summed E-state index contributed by atoms with van der Waals surface area (Å²) in [6.45, 7) is 1.85. The second-order valence-corrected chi connectivity index (χ2v) is 2.92. The number of nitrogens with one attached hydrogen (secondary N) is 1. The fourth-order valence-corrected chi connectivity index (χ4v) is 1.11. The van der Waals surface area contributed by atoms with Gasteiger partial charge < -0.3 is 10.2 Å². The summed E-state index contributed by atoms with van der Waals surface area (Å²) < 4.78 is 4.74. The Morgan fingerprint density at radius 2 is 2.46 bits per heavy atom. The normalized spacial score (nSPS) is 13.4. The van der Waals surface area contributed by atoms with Gasteiger partial charge in [-0.05, 0) is 18.6 Å². The Labute approximate surface area is 73.6 Å². The van der Waals surface area contributed by atoms with Crippen molar-refractivity contribution in [2.24, 2.45) is 5.73 Å². The second-order valence-electron chi connectivity index (χ2n) is 2.92. The van der Waals surface area contributed by atoms with Crippen LogP contribution in [0.1, 0.15) is 18.5 Å². The average molecular weight is 179 g/mol. The van der Waals surface area contributed by atoms with Crippen LogP contribution in [0.15, 0.2) is 21.5 Å². The Balaban J connectivity index is 2.68. The van der Waals surface area contributed by atoms with Crippen LogP contribution in [0.3, 0.4) is 0 Å². The van der Waals surface area contributed by atoms with Gasteiger partial charge in [-0.25, -0.2) is 9.78 Å². The molecule has 0 aliphatic carbocycles. The molecule has 0 amide bonds. The molecule has 1 unspecified atom stereocenters. The summed E-state index contributed by atoms with van der Waals surface area (Å²) in [5.74, 6) is -0.496. The molecule has 0 aliphatic heterocycles. The zero-order valence-corrected chi connectivity index (χ0v) is 7.07. The Hall–Kier alpha value is -1.62. The molecule has 2 aromatic heterocycles. The first-order chi connectivity index (χ1) is 6.16. The maximum Gasteiger partial charge on any atom is 0.418 e. The maximum absolute atomic E-state index is 10.8. The topological polar surface area (TPSA) is 84.9 Å². The Bertz CT molecular complexity index is 483. The van der Waals surface area contributed by atoms with E-state index >= 15 is 0 Å². The van der Waals surface area contributed by atoms with Crippen LogP contribution < -0.4 is 11.5 Å². The minimum absolute atomic E-state index is 0.102. The molecule has 0 bridgehead atoms. The van der Waals surface area contributed by atoms with Crippen molar-refractivity contribution in [1.82, 2.24) is 9.97 Å². The number of fused-ring (bicyclic) bond motifs is 1. The van der Waals surface area contributed by atoms with Crippen molar-refractivity contribution in [2.75, 3.05) is 0 Å². The first kappa shape index (κ1) is 8.00. The van der Waals surface area contributed by atoms with E-state index in [1.54, 1.807) is 12.3 Å². The molecule has 1 atom stereocenters. The van der Waals surface area contributed by atoms with Crippen molar-refractivity contribution >= 4 is 11.2 Å². The molecule has 0 saturated carbocycles. The number of aromatic nitrogens is 2. The minimum Gasteiger partial charge on any atom is -0.389 e. The fourth-order valence-electron chi connectivity index (χ4n) is 1.11. The molecular formula is C8H9N3O2. The van der Waals surface area contributed by atoms with E-state index in [-0.39, 0.29) is 6.04 Å². The minimum atomic E-state index is -0.496. The number of rotatable bonds is 1. The molecule has 3 N–H and O–H groups in total. The highest BCUT2D eigenvalue weighted by Gasteiger charge is 2.05. The van der Waals surface area contributed by atoms with Crippen LogP contribution in [0.4, 0.5) is 0 Å². The maximum atomic E-state index is 10.8. The number of aromatic amines is 1. The van der Waals surface area contributed by atoms with Gasteiger partial charge in [-0.15, -0.1) is 0 Å². The molecule has 0 spiro atoms. The van der Waals surface area contributed by atoms with E-state index in [2.05, 4.69) is 9.97 Å². The lowest BCUT2D eigenvalue weighted by molar-refractivity contribution is 0.545. The second kappa shape index (κ2) is 2.70. The molecule has 0 aromatic carbocycles. The summed E-state index contributed by atoms with van der Waals surface area (Å²) in [6.07, 6.45) is 1.60. The highest BCUT2D eigenvalue weighted by molar-refractivity contribution is 5.67. The zero-order valence-electron chi connectivity index (χ0n) is 7.07. The summed E-state index contributed by atoms with van der Waals surface area (Å²) >= 11 is 0. The molecule has 68 valence electrons. The average Bonchev–Trinajstić information content (AvgIpc) is 2.42. The van der Waals surface area contributed by atoms with Crippen molar-refractivity contribution < 1.29 is 4.42 Å². The van der Waals surface area contributed by atoms with Crippen molar-refractivity contribution in [3.8, 4) is 0 Å². The third-order valence-electron chi connectivity index (χ3n) is 1.82. The molecular weight excluding hydrogens is 170 g/mol. The van der Waals surface area contributed by atoms with Crippen molar-refractivity contribution in [3.05, 3.63) is 28.4 Å². The SMILES string of the molecule is CC(N)c1cnc2oc(=O)[nH]c2c1. The van der Waals surface area contributed by atoms with E-state index in [0.717, 1.165) is 5.56 Å². The van der Waals surface area contributed by atoms with Crippen LogP contribution in [0, 0.1) is 0 Å². The van der Waals surface area contributed by atoms with Gasteiger partial charge in [0, 0.05) is 12.2 Å². The molecule has 0 fully saturated rings. The van der Waals surface area contributed by atoms with Crippen LogP contribution >= 0.6 is 0 Å². The predicted molar refractivity (Wildman–Crippen MR) is 47.2 cm³/mol. The summed E-state index contributed by atoms with van der Waals surface area (Å²) in [5, 5.41) is 0. The highest BCUT2D eigenvalue weighted by atomic mass is 16.4. The first-order valence-corrected chi connectivity index (χ1v) is 3.91. The van der Waals surface area contributed by atoms with E-state index in [0.29, 0.717) is 11.2 Å². The van der Waals surface area contributed by atoms with Crippen LogP contribution in [-0.4, -0.2) is 9.97 Å². The molecule has 0 aliphatic rings. The van der Waals surface area contributed by atoms with Crippen molar-refractivity contribution in [1.29, 1.82) is 0 Å². The van der Waals surface area contributed by atoms with Crippen LogP contribution in [-0.2, 0) is 0 Å². The number of nitrogens with zero attached hydrogens (tertiary/aromatic N) is 1. The highest BCUT2D eigenvalue weighted by Crippen LogP contribution is 2.13. The summed E-state index contributed by atoms with van der Waals surface area (Å²) in [5.41, 5.74) is 7.41. The first-order valence-electron chi connectivity index (χ1n) is 3.91. The Morgan fingerprint density at radius 3 is 3.15 bits per heavy atom. The molecule has 5 heteroatoms. The molecule has 0 radical (unpaired) electrons. The quantitative estimate of drug-likeness (QED) is 0.668. The lowest BCUT2D eigenvalue weighted by atomic mass is 10.1. The van der Waals surface area contributed by atoms with Gasteiger partial charge in [0.25, 0.3) is 0 Å². The van der Waals surface area contributed by atoms with E-state index in [1.165, 1.54) is 0 Å². The number of hydrogen-bond donors (Lipinski definition) is 2. The Kier molecular flexibility index (Phi) is 1.66. The smallest absolute Gasteiger partial charge is 0.389 e. The van der Waals surface area contributed by atoms with Gasteiger partial charge >= 0.3 is 5.76 Å². The lowest BCUT2D eigenvalue weighted by Gasteiger charge is -2.02. The van der Waals surface area contributed by atoms with E-state index in [4.69, 9.17) is 10.2 Å². The zero-order chi connectivity index (χ0) is 9.42. The van der Waals surface area contributed by atoms with Gasteiger partial charge in [0.15, 0.2) is 0 Å². The summed E-state index contributed by atoms with van der Waals surface area (Å²) in [7, 11) is 0. The standard InChI is InChI=1S/C8H9N3O2/c1-4(9)5-2-6-7(10-3-5)13-8(12)11-6/h2-4H,9H2,1H3,(H,11,12). The third-order valence-corrected chi connectivity index (χ3v) is 1.82. The van der Waals surface area contributed by atoms with Gasteiger partial charge in [-0.1, -0.05) is 0 Å². The Morgan fingerprint density at radius 1 is 1.69 bits per heavy atom. The molecule has 2 rings (SSSR count). The molecule has 5 nitrogen and oxygen atoms in total. The fraction of sp³-hybridized carbons (Fsp3) is 0.250. The van der Waals surface area contributed by atoms with Gasteiger partial charge in [0.1, 0.15) is 5.52 Å². The molecule has 2 aromatic rings. The predicted octanol–water partition coefficient (Wildman–Crippen LogP) is 0.536. The van der Waals surface area contributed by atoms with E-state index in [1.807, 2.05) is 6.92 Å².